The molecule has 1 atom stereocenters. The molecule has 28 heavy (non-hydrogen) atoms. The van der Waals surface area contributed by atoms with E-state index in [0.717, 1.165) is 5.56 Å². The van der Waals surface area contributed by atoms with Gasteiger partial charge in [-0.1, -0.05) is 35.5 Å². The van der Waals surface area contributed by atoms with E-state index in [1.54, 1.807) is 0 Å². The van der Waals surface area contributed by atoms with Crippen molar-refractivity contribution < 1.29 is 19.2 Å². The van der Waals surface area contributed by atoms with Crippen LogP contribution in [-0.4, -0.2) is 27.5 Å². The van der Waals surface area contributed by atoms with Crippen LogP contribution in [0.1, 0.15) is 65.4 Å². The summed E-state index contributed by atoms with van der Waals surface area (Å²) in [5.41, 5.74) is 2.43. The number of hydrogen-bond acceptors (Lipinski definition) is 6. The van der Waals surface area contributed by atoms with E-state index in [2.05, 4.69) is 5.16 Å². The van der Waals surface area contributed by atoms with Crippen LogP contribution in [0.25, 0.3) is 0 Å². The summed E-state index contributed by atoms with van der Waals surface area (Å²) in [5, 5.41) is 22.2. The average Bonchev–Trinajstić information content (AvgIpc) is 3.10. The topological polar surface area (TPSA) is 104 Å². The Morgan fingerprint density at radius 3 is 2.68 bits per heavy atom. The van der Waals surface area contributed by atoms with E-state index < -0.39 is 0 Å². The highest BCUT2D eigenvalue weighted by atomic mass is 16.5. The predicted octanol–water partition coefficient (Wildman–Crippen LogP) is 4.10. The molecule has 0 fully saturated rings. The first-order valence-corrected chi connectivity index (χ1v) is 9.63. The third-order valence-corrected chi connectivity index (χ3v) is 5.55. The Balaban J connectivity index is 1.49. The highest BCUT2D eigenvalue weighted by Gasteiger charge is 2.33. The Labute approximate surface area is 162 Å². The van der Waals surface area contributed by atoms with E-state index in [1.165, 1.54) is 0 Å². The van der Waals surface area contributed by atoms with Gasteiger partial charge in [-0.2, -0.15) is 0 Å². The number of nitrogens with one attached hydrogen (secondary N) is 1. The zero-order chi connectivity index (χ0) is 19.7. The summed E-state index contributed by atoms with van der Waals surface area (Å²) in [6, 6.07) is 9.91. The van der Waals surface area contributed by atoms with Crippen molar-refractivity contribution in [2.24, 2.45) is 0 Å². The Kier molecular flexibility index (Phi) is 4.94. The molecule has 0 radical (unpaired) electrons. The maximum atomic E-state index is 12.7. The molecule has 0 bridgehead atoms. The van der Waals surface area contributed by atoms with Gasteiger partial charge in [-0.15, -0.1) is 0 Å². The summed E-state index contributed by atoms with van der Waals surface area (Å²) in [6.45, 7) is 0. The monoisotopic (exact) mass is 378 g/mol. The fraction of sp³-hybridized carbons (Fsp3) is 0.364. The average molecular weight is 378 g/mol. The van der Waals surface area contributed by atoms with Crippen molar-refractivity contribution in [1.82, 2.24) is 5.16 Å². The molecule has 6 heteroatoms. The molecule has 0 saturated heterocycles. The molecule has 1 heterocycles. The van der Waals surface area contributed by atoms with Crippen molar-refractivity contribution in [1.29, 1.82) is 5.41 Å². The lowest BCUT2D eigenvalue weighted by molar-refractivity contribution is -0.115. The van der Waals surface area contributed by atoms with Crippen molar-refractivity contribution in [2.75, 3.05) is 0 Å². The first kappa shape index (κ1) is 18.3. The molecule has 2 N–H and O–H groups in total. The number of carbonyl (C=O) groups excluding carboxylic acids is 2. The number of fused-ring (bicyclic) bond motifs is 1. The van der Waals surface area contributed by atoms with Gasteiger partial charge < -0.3 is 15.0 Å². The van der Waals surface area contributed by atoms with Crippen LogP contribution in [0.2, 0.25) is 0 Å². The van der Waals surface area contributed by atoms with Crippen LogP contribution >= 0.6 is 0 Å². The van der Waals surface area contributed by atoms with E-state index in [4.69, 9.17) is 9.93 Å². The number of aliphatic hydroxyl groups excluding tert-OH is 1. The van der Waals surface area contributed by atoms with E-state index in [9.17, 15) is 14.7 Å². The maximum Gasteiger partial charge on any atom is 0.168 e. The van der Waals surface area contributed by atoms with E-state index >= 15 is 0 Å². The number of aliphatic hydroxyl groups is 1. The fourth-order valence-corrected chi connectivity index (χ4v) is 4.11. The van der Waals surface area contributed by atoms with Crippen LogP contribution in [0, 0.1) is 5.41 Å². The van der Waals surface area contributed by atoms with E-state index in [1.807, 2.05) is 30.3 Å². The molecule has 2 aromatic rings. The molecule has 0 aliphatic heterocycles. The minimum atomic E-state index is -0.183. The molecular weight excluding hydrogens is 356 g/mol. The Morgan fingerprint density at radius 2 is 1.93 bits per heavy atom. The molecule has 6 nitrogen and oxygen atoms in total. The first-order chi connectivity index (χ1) is 13.5. The summed E-state index contributed by atoms with van der Waals surface area (Å²) in [6.07, 6.45) is 3.02. The van der Waals surface area contributed by atoms with Crippen LogP contribution in [-0.2, 0) is 17.6 Å². The van der Waals surface area contributed by atoms with Crippen molar-refractivity contribution >= 4 is 17.3 Å². The second-order valence-corrected chi connectivity index (χ2v) is 7.44. The van der Waals surface area contributed by atoms with Gasteiger partial charge in [0.15, 0.2) is 11.6 Å². The number of hydrogen-bond donors (Lipinski definition) is 2. The molecule has 2 aliphatic carbocycles. The Bertz CT molecular complexity index is 972. The minimum absolute atomic E-state index is 0.00482. The maximum absolute atomic E-state index is 12.7. The van der Waals surface area contributed by atoms with Gasteiger partial charge in [-0.05, 0) is 30.7 Å². The molecule has 2 aliphatic rings. The van der Waals surface area contributed by atoms with Crippen LogP contribution < -0.4 is 0 Å². The van der Waals surface area contributed by atoms with E-state index in [0.29, 0.717) is 55.5 Å². The third-order valence-electron chi connectivity index (χ3n) is 5.55. The van der Waals surface area contributed by atoms with E-state index in [-0.39, 0.29) is 40.9 Å². The second kappa shape index (κ2) is 7.54. The van der Waals surface area contributed by atoms with Gasteiger partial charge >= 0.3 is 0 Å². The van der Waals surface area contributed by atoms with Gasteiger partial charge in [0.2, 0.25) is 0 Å². The predicted molar refractivity (Wildman–Crippen MR) is 103 cm³/mol. The summed E-state index contributed by atoms with van der Waals surface area (Å²) in [7, 11) is 0. The zero-order valence-electron chi connectivity index (χ0n) is 15.5. The standard InChI is InChI=1S/C22H22N2O4/c23-15(21-17(25)7-4-8-18(21)26)9-10-16-22-19(27)11-14(12-20(22)28-24-16)13-5-2-1-3-6-13/h1-3,5-6,14,23,25H,4,7-12H2. The molecule has 0 amide bonds. The highest BCUT2D eigenvalue weighted by molar-refractivity contribution is 6.22. The molecule has 0 saturated carbocycles. The van der Waals surface area contributed by atoms with Gasteiger partial charge in [0.05, 0.1) is 16.8 Å². The SMILES string of the molecule is N=C(CCc1noc2c1C(=O)CC(c1ccccc1)C2)C1=C(O)CCCC1=O. The minimum Gasteiger partial charge on any atom is -0.511 e. The molecule has 1 aromatic carbocycles. The number of rotatable bonds is 5. The number of ketones is 2. The molecule has 1 aromatic heterocycles. The van der Waals surface area contributed by atoms with Gasteiger partial charge in [-0.3, -0.25) is 9.59 Å². The first-order valence-electron chi connectivity index (χ1n) is 9.63. The van der Waals surface area contributed by atoms with Gasteiger partial charge in [0, 0.05) is 31.4 Å². The lowest BCUT2D eigenvalue weighted by Gasteiger charge is -2.20. The van der Waals surface area contributed by atoms with Crippen molar-refractivity contribution in [3.8, 4) is 0 Å². The van der Waals surface area contributed by atoms with Gasteiger partial charge in [0.1, 0.15) is 11.5 Å². The lowest BCUT2D eigenvalue weighted by Crippen LogP contribution is -2.20. The highest BCUT2D eigenvalue weighted by Crippen LogP contribution is 2.34. The molecule has 144 valence electrons. The largest absolute Gasteiger partial charge is 0.511 e. The van der Waals surface area contributed by atoms with Gasteiger partial charge in [0.25, 0.3) is 0 Å². The van der Waals surface area contributed by atoms with Crippen molar-refractivity contribution in [2.45, 2.75) is 50.9 Å². The van der Waals surface area contributed by atoms with Crippen LogP contribution in [0.5, 0.6) is 0 Å². The molecule has 4 rings (SSSR count). The normalized spacial score (nSPS) is 19.6. The number of aryl methyl sites for hydroxylation is 1. The summed E-state index contributed by atoms with van der Waals surface area (Å²) in [5.74, 6) is 0.515. The van der Waals surface area contributed by atoms with Gasteiger partial charge in [-0.25, -0.2) is 0 Å². The number of Topliss-reactive ketones (excluding diaryl/α,β-unsaturated/α-hetero) is 2. The number of allylic oxidation sites excluding steroid dienone is 2. The molecule has 0 spiro atoms. The zero-order valence-corrected chi connectivity index (χ0v) is 15.5. The van der Waals surface area contributed by atoms with Crippen LogP contribution in [0.15, 0.2) is 46.2 Å². The molecular formula is C22H22N2O4. The Hall–Kier alpha value is -3.02. The number of carbonyl (C=O) groups is 2. The molecule has 1 unspecified atom stereocenters. The fourth-order valence-electron chi connectivity index (χ4n) is 4.11. The summed E-state index contributed by atoms with van der Waals surface area (Å²) < 4.78 is 5.46. The van der Waals surface area contributed by atoms with Crippen molar-refractivity contribution in [3.05, 3.63) is 64.2 Å². The number of nitrogens with zero attached hydrogens (tertiary/aromatic N) is 1. The Morgan fingerprint density at radius 1 is 1.14 bits per heavy atom. The smallest absolute Gasteiger partial charge is 0.168 e. The summed E-state index contributed by atoms with van der Waals surface area (Å²) >= 11 is 0. The van der Waals surface area contributed by atoms with Crippen LogP contribution in [0.4, 0.5) is 0 Å². The number of benzene rings is 1. The second-order valence-electron chi connectivity index (χ2n) is 7.44. The van der Waals surface area contributed by atoms with Crippen LogP contribution in [0.3, 0.4) is 0 Å². The summed E-state index contributed by atoms with van der Waals surface area (Å²) in [4.78, 5) is 24.8. The lowest BCUT2D eigenvalue weighted by atomic mass is 9.81. The third kappa shape index (κ3) is 3.42. The quantitative estimate of drug-likeness (QED) is 0.762. The number of aromatic nitrogens is 1. The van der Waals surface area contributed by atoms with Crippen molar-refractivity contribution in [3.63, 3.8) is 0 Å².